The molecule has 0 aliphatic heterocycles. The van der Waals surface area contributed by atoms with Crippen molar-refractivity contribution < 1.29 is 18.7 Å². The predicted octanol–water partition coefficient (Wildman–Crippen LogP) is 4.30. The van der Waals surface area contributed by atoms with Crippen LogP contribution in [0.4, 0.5) is 20.2 Å². The molecule has 2 rings (SSSR count). The van der Waals surface area contributed by atoms with Crippen LogP contribution in [-0.4, -0.2) is 11.1 Å². The van der Waals surface area contributed by atoms with E-state index in [1.165, 1.54) is 0 Å². The number of carboxylic acids is 1. The van der Waals surface area contributed by atoms with Crippen LogP contribution < -0.4 is 5.32 Å². The maximum atomic E-state index is 13.8. The zero-order valence-electron chi connectivity index (χ0n) is 11.1. The van der Waals surface area contributed by atoms with Crippen molar-refractivity contribution in [2.24, 2.45) is 0 Å². The van der Waals surface area contributed by atoms with Gasteiger partial charge in [-0.15, -0.1) is 0 Å². The molecule has 0 fully saturated rings. The largest absolute Gasteiger partial charge is 0.481 e. The molecule has 2 aromatic carbocycles. The molecular formula is C15H12ClF2NO2. The Morgan fingerprint density at radius 3 is 2.62 bits per heavy atom. The fourth-order valence-electron chi connectivity index (χ4n) is 2.00. The number of benzene rings is 2. The third kappa shape index (κ3) is 3.49. The van der Waals surface area contributed by atoms with Crippen molar-refractivity contribution in [3.05, 3.63) is 58.1 Å². The fraction of sp³-hybridized carbons (Fsp3) is 0.133. The molecule has 2 N–H and O–H groups in total. The summed E-state index contributed by atoms with van der Waals surface area (Å²) in [6, 6.07) is 6.79. The van der Waals surface area contributed by atoms with Crippen LogP contribution in [0.3, 0.4) is 0 Å². The summed E-state index contributed by atoms with van der Waals surface area (Å²) >= 11 is 5.84. The van der Waals surface area contributed by atoms with Gasteiger partial charge in [0.1, 0.15) is 5.82 Å². The summed E-state index contributed by atoms with van der Waals surface area (Å²) in [5.41, 5.74) is 1.59. The van der Waals surface area contributed by atoms with Gasteiger partial charge >= 0.3 is 5.97 Å². The zero-order valence-corrected chi connectivity index (χ0v) is 11.8. The number of hydrogen-bond acceptors (Lipinski definition) is 2. The van der Waals surface area contributed by atoms with Crippen molar-refractivity contribution in [2.45, 2.75) is 13.3 Å². The van der Waals surface area contributed by atoms with Crippen LogP contribution in [0.15, 0.2) is 30.3 Å². The molecule has 0 spiro atoms. The summed E-state index contributed by atoms with van der Waals surface area (Å²) in [4.78, 5) is 10.9. The van der Waals surface area contributed by atoms with E-state index in [1.807, 2.05) is 0 Å². The number of rotatable bonds is 4. The lowest BCUT2D eigenvalue weighted by atomic mass is 10.0. The molecule has 0 radical (unpaired) electrons. The van der Waals surface area contributed by atoms with Gasteiger partial charge in [0.25, 0.3) is 0 Å². The van der Waals surface area contributed by atoms with Gasteiger partial charge in [0.15, 0.2) is 5.82 Å². The Labute approximate surface area is 125 Å². The first-order chi connectivity index (χ1) is 9.88. The second-order valence-corrected chi connectivity index (χ2v) is 4.96. The molecule has 2 aromatic rings. The Balaban J connectivity index is 2.47. The first-order valence-electron chi connectivity index (χ1n) is 6.10. The van der Waals surface area contributed by atoms with E-state index in [0.717, 1.165) is 11.6 Å². The van der Waals surface area contributed by atoms with Crippen molar-refractivity contribution in [1.29, 1.82) is 0 Å². The minimum atomic E-state index is -1.01. The second-order valence-electron chi connectivity index (χ2n) is 4.55. The standard InChI is InChI=1S/C15H12ClF2NO2/c1-8-3-2-4-9(5-13(20)21)14(8)19-15-11(16)6-10(17)7-12(15)18/h2-4,6-7,19H,5H2,1H3,(H,20,21). The number of halogens is 3. The molecular weight excluding hydrogens is 300 g/mol. The molecule has 0 saturated heterocycles. The molecule has 0 bridgehead atoms. The Morgan fingerprint density at radius 1 is 1.29 bits per heavy atom. The molecule has 110 valence electrons. The van der Waals surface area contributed by atoms with Gasteiger partial charge in [-0.05, 0) is 24.1 Å². The molecule has 0 saturated carbocycles. The van der Waals surface area contributed by atoms with Crippen LogP contribution in [0, 0.1) is 18.6 Å². The first kappa shape index (κ1) is 15.3. The van der Waals surface area contributed by atoms with Gasteiger partial charge in [-0.25, -0.2) is 8.78 Å². The van der Waals surface area contributed by atoms with E-state index < -0.39 is 17.6 Å². The van der Waals surface area contributed by atoms with Crippen LogP contribution in [0.2, 0.25) is 5.02 Å². The molecule has 0 atom stereocenters. The van der Waals surface area contributed by atoms with E-state index in [-0.39, 0.29) is 17.1 Å². The lowest BCUT2D eigenvalue weighted by Crippen LogP contribution is -2.06. The first-order valence-corrected chi connectivity index (χ1v) is 6.48. The van der Waals surface area contributed by atoms with Crippen LogP contribution in [0.25, 0.3) is 0 Å². The number of anilines is 2. The number of aryl methyl sites for hydroxylation is 1. The van der Waals surface area contributed by atoms with Crippen LogP contribution in [0.5, 0.6) is 0 Å². The highest BCUT2D eigenvalue weighted by molar-refractivity contribution is 6.33. The van der Waals surface area contributed by atoms with Crippen LogP contribution in [0.1, 0.15) is 11.1 Å². The number of aliphatic carboxylic acids is 1. The smallest absolute Gasteiger partial charge is 0.307 e. The van der Waals surface area contributed by atoms with Crippen molar-refractivity contribution in [3.8, 4) is 0 Å². The molecule has 0 aliphatic rings. The summed E-state index contributed by atoms with van der Waals surface area (Å²) in [6.45, 7) is 1.75. The Morgan fingerprint density at radius 2 is 2.00 bits per heavy atom. The topological polar surface area (TPSA) is 49.3 Å². The number of carboxylic acid groups (broad SMARTS) is 1. The quantitative estimate of drug-likeness (QED) is 0.885. The summed E-state index contributed by atoms with van der Waals surface area (Å²) in [7, 11) is 0. The summed E-state index contributed by atoms with van der Waals surface area (Å²) in [5.74, 6) is -2.63. The molecule has 3 nitrogen and oxygen atoms in total. The third-order valence-corrected chi connectivity index (χ3v) is 3.26. The second kappa shape index (κ2) is 6.10. The van der Waals surface area contributed by atoms with Gasteiger partial charge in [0.05, 0.1) is 17.1 Å². The van der Waals surface area contributed by atoms with Crippen LogP contribution in [-0.2, 0) is 11.2 Å². The van der Waals surface area contributed by atoms with E-state index in [1.54, 1.807) is 25.1 Å². The molecule has 21 heavy (non-hydrogen) atoms. The minimum Gasteiger partial charge on any atom is -0.481 e. The highest BCUT2D eigenvalue weighted by atomic mass is 35.5. The average Bonchev–Trinajstić information content (AvgIpc) is 2.35. The monoisotopic (exact) mass is 311 g/mol. The van der Waals surface area contributed by atoms with Crippen molar-refractivity contribution in [3.63, 3.8) is 0 Å². The van der Waals surface area contributed by atoms with Crippen molar-refractivity contribution >= 4 is 28.9 Å². The van der Waals surface area contributed by atoms with Gasteiger partial charge < -0.3 is 10.4 Å². The minimum absolute atomic E-state index is 0.0843. The predicted molar refractivity (Wildman–Crippen MR) is 77.2 cm³/mol. The van der Waals surface area contributed by atoms with Gasteiger partial charge in [0, 0.05) is 11.8 Å². The van der Waals surface area contributed by atoms with Gasteiger partial charge in [0.2, 0.25) is 0 Å². The lowest BCUT2D eigenvalue weighted by molar-refractivity contribution is -0.136. The van der Waals surface area contributed by atoms with E-state index in [4.69, 9.17) is 16.7 Å². The fourth-order valence-corrected chi connectivity index (χ4v) is 2.25. The van der Waals surface area contributed by atoms with Crippen molar-refractivity contribution in [2.75, 3.05) is 5.32 Å². The lowest BCUT2D eigenvalue weighted by Gasteiger charge is -2.15. The number of para-hydroxylation sites is 1. The Hall–Kier alpha value is -2.14. The normalized spacial score (nSPS) is 10.5. The maximum Gasteiger partial charge on any atom is 0.307 e. The SMILES string of the molecule is Cc1cccc(CC(=O)O)c1Nc1c(F)cc(F)cc1Cl. The summed E-state index contributed by atoms with van der Waals surface area (Å²) in [6.07, 6.45) is -0.218. The van der Waals surface area contributed by atoms with Gasteiger partial charge in [-0.3, -0.25) is 4.79 Å². The van der Waals surface area contributed by atoms with E-state index >= 15 is 0 Å². The van der Waals surface area contributed by atoms with E-state index in [2.05, 4.69) is 5.32 Å². The molecule has 0 aromatic heterocycles. The number of nitrogens with one attached hydrogen (secondary N) is 1. The number of carbonyl (C=O) groups is 1. The zero-order chi connectivity index (χ0) is 15.6. The third-order valence-electron chi connectivity index (χ3n) is 2.96. The average molecular weight is 312 g/mol. The Kier molecular flexibility index (Phi) is 4.43. The molecule has 0 unspecified atom stereocenters. The number of hydrogen-bond donors (Lipinski definition) is 2. The molecule has 0 aliphatic carbocycles. The highest BCUT2D eigenvalue weighted by Gasteiger charge is 2.14. The van der Waals surface area contributed by atoms with E-state index in [9.17, 15) is 13.6 Å². The highest BCUT2D eigenvalue weighted by Crippen LogP contribution is 2.32. The molecule has 0 heterocycles. The summed E-state index contributed by atoms with van der Waals surface area (Å²) in [5, 5.41) is 11.6. The Bertz CT molecular complexity index is 681. The molecule has 6 heteroatoms. The van der Waals surface area contributed by atoms with Gasteiger partial charge in [-0.2, -0.15) is 0 Å². The summed E-state index contributed by atoms with van der Waals surface area (Å²) < 4.78 is 26.9. The van der Waals surface area contributed by atoms with E-state index in [0.29, 0.717) is 17.3 Å². The van der Waals surface area contributed by atoms with Crippen molar-refractivity contribution in [1.82, 2.24) is 0 Å². The van der Waals surface area contributed by atoms with Gasteiger partial charge in [-0.1, -0.05) is 29.8 Å². The maximum absolute atomic E-state index is 13.8. The molecule has 0 amide bonds. The van der Waals surface area contributed by atoms with Crippen LogP contribution >= 0.6 is 11.6 Å².